The molecule has 1 unspecified atom stereocenters. The summed E-state index contributed by atoms with van der Waals surface area (Å²) in [5, 5.41) is 0.177. The zero-order valence-electron chi connectivity index (χ0n) is 9.08. The Morgan fingerprint density at radius 3 is 3.00 bits per heavy atom. The van der Waals surface area contributed by atoms with Gasteiger partial charge in [0.05, 0.1) is 11.6 Å². The third-order valence-electron chi connectivity index (χ3n) is 3.37. The highest BCUT2D eigenvalue weighted by Gasteiger charge is 2.36. The van der Waals surface area contributed by atoms with Gasteiger partial charge in [-0.05, 0) is 24.1 Å². The van der Waals surface area contributed by atoms with Crippen LogP contribution in [0.1, 0.15) is 12.0 Å². The number of anilines is 1. The Labute approximate surface area is 103 Å². The molecule has 1 fully saturated rings. The van der Waals surface area contributed by atoms with Gasteiger partial charge in [0.25, 0.3) is 0 Å². The normalized spacial score (nSPS) is 22.8. The van der Waals surface area contributed by atoms with E-state index in [0.29, 0.717) is 26.0 Å². The highest BCUT2D eigenvalue weighted by molar-refractivity contribution is 6.32. The van der Waals surface area contributed by atoms with Crippen LogP contribution in [0.3, 0.4) is 0 Å². The standard InChI is InChI=1S/C12H11ClFNO2/c13-11-7-3-5-15(9(7)2-1-8(11)14)10-4-6-17-12(10)16/h1-2,10H,3-6H2. The first kappa shape index (κ1) is 10.8. The molecule has 17 heavy (non-hydrogen) atoms. The first-order valence-corrected chi connectivity index (χ1v) is 5.96. The summed E-state index contributed by atoms with van der Waals surface area (Å²) in [6.07, 6.45) is 1.36. The van der Waals surface area contributed by atoms with Crippen LogP contribution in [0.15, 0.2) is 12.1 Å². The summed E-state index contributed by atoms with van der Waals surface area (Å²) in [5.74, 6) is -0.598. The van der Waals surface area contributed by atoms with Gasteiger partial charge >= 0.3 is 5.97 Å². The number of esters is 1. The average Bonchev–Trinajstić information content (AvgIpc) is 2.89. The van der Waals surface area contributed by atoms with E-state index in [1.807, 2.05) is 4.90 Å². The number of nitrogens with zero attached hydrogens (tertiary/aromatic N) is 1. The largest absolute Gasteiger partial charge is 0.464 e. The maximum absolute atomic E-state index is 13.3. The van der Waals surface area contributed by atoms with Gasteiger partial charge in [-0.15, -0.1) is 0 Å². The van der Waals surface area contributed by atoms with Gasteiger partial charge < -0.3 is 9.64 Å². The van der Waals surface area contributed by atoms with E-state index in [4.69, 9.17) is 16.3 Å². The van der Waals surface area contributed by atoms with Crippen molar-refractivity contribution in [1.29, 1.82) is 0 Å². The lowest BCUT2D eigenvalue weighted by Gasteiger charge is -2.23. The van der Waals surface area contributed by atoms with Crippen molar-refractivity contribution in [3.05, 3.63) is 28.5 Å². The number of cyclic esters (lactones) is 1. The summed E-state index contributed by atoms with van der Waals surface area (Å²) in [6.45, 7) is 1.16. The molecule has 2 aliphatic rings. The van der Waals surface area contributed by atoms with E-state index in [1.165, 1.54) is 6.07 Å². The number of hydrogen-bond donors (Lipinski definition) is 0. The van der Waals surface area contributed by atoms with Crippen molar-refractivity contribution in [2.24, 2.45) is 0 Å². The molecule has 1 aromatic carbocycles. The number of rotatable bonds is 1. The van der Waals surface area contributed by atoms with Gasteiger partial charge in [0.2, 0.25) is 0 Å². The van der Waals surface area contributed by atoms with Gasteiger partial charge in [-0.3, -0.25) is 0 Å². The summed E-state index contributed by atoms with van der Waals surface area (Å²) < 4.78 is 18.3. The van der Waals surface area contributed by atoms with Crippen LogP contribution < -0.4 is 4.90 Å². The second-order valence-electron chi connectivity index (χ2n) is 4.27. The van der Waals surface area contributed by atoms with Crippen molar-refractivity contribution in [3.8, 4) is 0 Å². The summed E-state index contributed by atoms with van der Waals surface area (Å²) in [6, 6.07) is 2.80. The van der Waals surface area contributed by atoms with E-state index in [0.717, 1.165) is 11.3 Å². The Morgan fingerprint density at radius 2 is 2.29 bits per heavy atom. The Hall–Kier alpha value is -1.29. The predicted molar refractivity (Wildman–Crippen MR) is 61.8 cm³/mol. The molecule has 5 heteroatoms. The zero-order chi connectivity index (χ0) is 12.0. The lowest BCUT2D eigenvalue weighted by molar-refractivity contribution is -0.139. The Kier molecular flexibility index (Phi) is 2.47. The number of halogens is 2. The average molecular weight is 256 g/mol. The third kappa shape index (κ3) is 1.59. The molecule has 90 valence electrons. The maximum Gasteiger partial charge on any atom is 0.328 e. The fourth-order valence-corrected chi connectivity index (χ4v) is 2.79. The molecule has 0 spiro atoms. The summed E-state index contributed by atoms with van der Waals surface area (Å²) in [7, 11) is 0. The topological polar surface area (TPSA) is 29.5 Å². The van der Waals surface area contributed by atoms with E-state index < -0.39 is 5.82 Å². The van der Waals surface area contributed by atoms with E-state index in [9.17, 15) is 9.18 Å². The number of benzene rings is 1. The van der Waals surface area contributed by atoms with Crippen molar-refractivity contribution >= 4 is 23.3 Å². The van der Waals surface area contributed by atoms with Crippen LogP contribution in [0.2, 0.25) is 5.02 Å². The second kappa shape index (κ2) is 3.88. The molecule has 3 rings (SSSR count). The van der Waals surface area contributed by atoms with Gasteiger partial charge in [0.15, 0.2) is 0 Å². The minimum atomic E-state index is -0.402. The maximum atomic E-state index is 13.3. The van der Waals surface area contributed by atoms with Crippen LogP contribution in [-0.2, 0) is 16.0 Å². The van der Waals surface area contributed by atoms with Crippen LogP contribution in [-0.4, -0.2) is 25.2 Å². The number of carbonyl (C=O) groups excluding carboxylic acids is 1. The molecule has 1 aromatic rings. The number of ether oxygens (including phenoxy) is 1. The van der Waals surface area contributed by atoms with Crippen molar-refractivity contribution in [2.45, 2.75) is 18.9 Å². The smallest absolute Gasteiger partial charge is 0.328 e. The van der Waals surface area contributed by atoms with Gasteiger partial charge in [0.1, 0.15) is 11.9 Å². The Bertz CT molecular complexity index is 492. The minimum absolute atomic E-state index is 0.177. The Morgan fingerprint density at radius 1 is 1.47 bits per heavy atom. The zero-order valence-corrected chi connectivity index (χ0v) is 9.84. The van der Waals surface area contributed by atoms with Crippen molar-refractivity contribution in [3.63, 3.8) is 0 Å². The highest BCUT2D eigenvalue weighted by atomic mass is 35.5. The predicted octanol–water partition coefficient (Wildman–Crippen LogP) is 2.16. The highest BCUT2D eigenvalue weighted by Crippen LogP contribution is 2.37. The minimum Gasteiger partial charge on any atom is -0.464 e. The van der Waals surface area contributed by atoms with Crippen LogP contribution in [0.5, 0.6) is 0 Å². The van der Waals surface area contributed by atoms with Crippen molar-refractivity contribution in [2.75, 3.05) is 18.1 Å². The molecule has 0 aliphatic carbocycles. The molecule has 0 saturated carbocycles. The van der Waals surface area contributed by atoms with Crippen molar-refractivity contribution < 1.29 is 13.9 Å². The van der Waals surface area contributed by atoms with Gasteiger partial charge in [-0.25, -0.2) is 9.18 Å². The molecule has 1 atom stereocenters. The SMILES string of the molecule is O=C1OCCC1N1CCc2c1ccc(F)c2Cl. The summed E-state index contributed by atoms with van der Waals surface area (Å²) >= 11 is 5.93. The van der Waals surface area contributed by atoms with Gasteiger partial charge in [-0.2, -0.15) is 0 Å². The van der Waals surface area contributed by atoms with Gasteiger partial charge in [0, 0.05) is 18.7 Å². The molecule has 0 amide bonds. The van der Waals surface area contributed by atoms with Gasteiger partial charge in [-0.1, -0.05) is 11.6 Å². The molecule has 2 heterocycles. The number of hydrogen-bond acceptors (Lipinski definition) is 3. The van der Waals surface area contributed by atoms with Crippen LogP contribution in [0.4, 0.5) is 10.1 Å². The first-order valence-electron chi connectivity index (χ1n) is 5.58. The number of carbonyl (C=O) groups is 1. The van der Waals surface area contributed by atoms with Crippen molar-refractivity contribution in [1.82, 2.24) is 0 Å². The fourth-order valence-electron chi connectivity index (χ4n) is 2.53. The molecule has 0 radical (unpaired) electrons. The van der Waals surface area contributed by atoms with E-state index in [1.54, 1.807) is 6.07 Å². The molecular formula is C12H11ClFNO2. The van der Waals surface area contributed by atoms with E-state index >= 15 is 0 Å². The fraction of sp³-hybridized carbons (Fsp3) is 0.417. The Balaban J connectivity index is 1.99. The quantitative estimate of drug-likeness (QED) is 0.721. The summed E-state index contributed by atoms with van der Waals surface area (Å²) in [5.41, 5.74) is 1.66. The molecule has 0 bridgehead atoms. The monoisotopic (exact) mass is 255 g/mol. The number of fused-ring (bicyclic) bond motifs is 1. The second-order valence-corrected chi connectivity index (χ2v) is 4.65. The van der Waals surface area contributed by atoms with Crippen LogP contribution in [0.25, 0.3) is 0 Å². The first-order chi connectivity index (χ1) is 8.18. The lowest BCUT2D eigenvalue weighted by atomic mass is 10.1. The molecule has 2 aliphatic heterocycles. The van der Waals surface area contributed by atoms with E-state index in [2.05, 4.69) is 0 Å². The molecule has 0 aromatic heterocycles. The third-order valence-corrected chi connectivity index (χ3v) is 3.78. The lowest BCUT2D eigenvalue weighted by Crippen LogP contribution is -2.37. The van der Waals surface area contributed by atoms with E-state index in [-0.39, 0.29) is 17.0 Å². The molecule has 0 N–H and O–H groups in total. The summed E-state index contributed by atoms with van der Waals surface area (Å²) in [4.78, 5) is 13.5. The van der Waals surface area contributed by atoms with Crippen LogP contribution >= 0.6 is 11.6 Å². The molecular weight excluding hydrogens is 245 g/mol. The molecule has 3 nitrogen and oxygen atoms in total. The van der Waals surface area contributed by atoms with Crippen LogP contribution in [0, 0.1) is 5.82 Å². The molecule has 1 saturated heterocycles.